The third-order valence-corrected chi connectivity index (χ3v) is 8.51. The van der Waals surface area contributed by atoms with E-state index < -0.39 is 11.6 Å². The van der Waals surface area contributed by atoms with Gasteiger partial charge in [-0.15, -0.1) is 11.8 Å². The summed E-state index contributed by atoms with van der Waals surface area (Å²) in [4.78, 5) is 30.6. The topological polar surface area (TPSA) is 68.3 Å². The maximum absolute atomic E-state index is 13.0. The second-order valence-corrected chi connectivity index (χ2v) is 12.1. The van der Waals surface area contributed by atoms with Crippen LogP contribution in [0.5, 0.6) is 5.75 Å². The third-order valence-electron chi connectivity index (χ3n) is 7.39. The molecule has 1 amide bonds. The standard InChI is InChI=1S/C30H36N2O5S/c1-30(2,3)37-29(34)31-13-11-25-24(18-31)23-16-20(17-26-28(23)32(25)12-6-14-38-26)22-9-8-21(35-4)15-19(22)7-10-27(33)36-5/h7-10,15-17,24-25H,6,11-14,18H2,1-5H3/b10-7-/t24-,25-/m0/s1. The maximum Gasteiger partial charge on any atom is 0.410 e. The van der Waals surface area contributed by atoms with E-state index in [2.05, 4.69) is 17.0 Å². The van der Waals surface area contributed by atoms with Crippen molar-refractivity contribution in [1.29, 1.82) is 0 Å². The van der Waals surface area contributed by atoms with E-state index in [9.17, 15) is 9.59 Å². The molecule has 8 heteroatoms. The number of fused-ring (bicyclic) bond motifs is 3. The Kier molecular flexibility index (Phi) is 7.36. The first-order chi connectivity index (χ1) is 18.2. The number of piperidine rings is 1. The molecular formula is C30H36N2O5S. The Bertz CT molecular complexity index is 1270. The number of carbonyl (C=O) groups excluding carboxylic acids is 2. The molecule has 38 heavy (non-hydrogen) atoms. The van der Waals surface area contributed by atoms with E-state index in [0.29, 0.717) is 19.1 Å². The first-order valence-electron chi connectivity index (χ1n) is 13.2. The highest BCUT2D eigenvalue weighted by molar-refractivity contribution is 7.99. The third kappa shape index (κ3) is 5.23. The van der Waals surface area contributed by atoms with Crippen LogP contribution in [-0.4, -0.2) is 68.2 Å². The minimum absolute atomic E-state index is 0.218. The van der Waals surface area contributed by atoms with Gasteiger partial charge in [0.2, 0.25) is 0 Å². The van der Waals surface area contributed by atoms with Gasteiger partial charge in [-0.1, -0.05) is 6.07 Å². The summed E-state index contributed by atoms with van der Waals surface area (Å²) in [7, 11) is 3.01. The number of rotatable bonds is 4. The normalized spacial score (nSPS) is 20.6. The highest BCUT2D eigenvalue weighted by atomic mass is 32.2. The summed E-state index contributed by atoms with van der Waals surface area (Å²) in [6.45, 7) is 8.12. The second kappa shape index (κ2) is 10.6. The number of nitrogens with zero attached hydrogens (tertiary/aromatic N) is 2. The Labute approximate surface area is 229 Å². The van der Waals surface area contributed by atoms with E-state index in [1.54, 1.807) is 13.2 Å². The lowest BCUT2D eigenvalue weighted by molar-refractivity contribution is -0.134. The molecule has 3 aliphatic heterocycles. The number of likely N-dealkylation sites (tertiary alicyclic amines) is 1. The van der Waals surface area contributed by atoms with Gasteiger partial charge in [0, 0.05) is 42.6 Å². The summed E-state index contributed by atoms with van der Waals surface area (Å²) in [5.41, 5.74) is 5.10. The molecule has 0 unspecified atom stereocenters. The van der Waals surface area contributed by atoms with Crippen LogP contribution in [0.1, 0.15) is 50.7 Å². The van der Waals surface area contributed by atoms with E-state index in [0.717, 1.165) is 47.6 Å². The molecule has 1 fully saturated rings. The number of hydrogen-bond donors (Lipinski definition) is 0. The number of esters is 1. The van der Waals surface area contributed by atoms with E-state index in [4.69, 9.17) is 14.2 Å². The predicted molar refractivity (Wildman–Crippen MR) is 151 cm³/mol. The van der Waals surface area contributed by atoms with Gasteiger partial charge < -0.3 is 24.0 Å². The fourth-order valence-corrected chi connectivity index (χ4v) is 6.83. The molecule has 0 aliphatic carbocycles. The second-order valence-electron chi connectivity index (χ2n) is 11.0. The Morgan fingerprint density at radius 2 is 1.92 bits per heavy atom. The van der Waals surface area contributed by atoms with E-state index >= 15 is 0 Å². The van der Waals surface area contributed by atoms with Crippen LogP contribution in [0.25, 0.3) is 17.2 Å². The SMILES string of the molecule is COC(=O)/C=C\c1cc(OC)ccc1-c1cc2c3c(c1)[C@@H]1CN(C(=O)OC(C)(C)C)CC[C@@H]1N3CCCS2. The van der Waals surface area contributed by atoms with Crippen LogP contribution in [0.2, 0.25) is 0 Å². The van der Waals surface area contributed by atoms with Gasteiger partial charge in [0.1, 0.15) is 11.4 Å². The molecule has 5 rings (SSSR count). The molecule has 2 atom stereocenters. The molecule has 2 aromatic carbocycles. The number of anilines is 1. The van der Waals surface area contributed by atoms with E-state index in [1.165, 1.54) is 29.3 Å². The van der Waals surface area contributed by atoms with Crippen molar-refractivity contribution in [3.8, 4) is 16.9 Å². The van der Waals surface area contributed by atoms with Crippen molar-refractivity contribution in [2.45, 2.75) is 56.1 Å². The molecule has 3 aliphatic rings. The molecule has 0 radical (unpaired) electrons. The van der Waals surface area contributed by atoms with Crippen molar-refractivity contribution in [3.05, 3.63) is 47.5 Å². The fraction of sp³-hybridized carbons (Fsp3) is 0.467. The van der Waals surface area contributed by atoms with Gasteiger partial charge in [-0.3, -0.25) is 0 Å². The van der Waals surface area contributed by atoms with Gasteiger partial charge in [0.05, 0.1) is 19.9 Å². The quantitative estimate of drug-likeness (QED) is 0.353. The number of ether oxygens (including phenoxy) is 3. The molecule has 0 N–H and O–H groups in total. The van der Waals surface area contributed by atoms with Crippen LogP contribution in [-0.2, 0) is 14.3 Å². The van der Waals surface area contributed by atoms with Crippen molar-refractivity contribution in [1.82, 2.24) is 4.90 Å². The average molecular weight is 537 g/mol. The van der Waals surface area contributed by atoms with Gasteiger partial charge in [0.15, 0.2) is 0 Å². The molecule has 1 saturated heterocycles. The smallest absolute Gasteiger partial charge is 0.410 e. The average Bonchev–Trinajstić information content (AvgIpc) is 3.04. The van der Waals surface area contributed by atoms with E-state index in [1.807, 2.05) is 55.6 Å². The zero-order valence-corrected chi connectivity index (χ0v) is 23.6. The summed E-state index contributed by atoms with van der Waals surface area (Å²) >= 11 is 1.91. The van der Waals surface area contributed by atoms with Gasteiger partial charge in [-0.25, -0.2) is 9.59 Å². The number of benzene rings is 2. The Hall–Kier alpha value is -3.13. The lowest BCUT2D eigenvalue weighted by Crippen LogP contribution is -2.49. The number of carbonyl (C=O) groups is 2. The lowest BCUT2D eigenvalue weighted by atomic mass is 9.87. The first kappa shape index (κ1) is 26.5. The highest BCUT2D eigenvalue weighted by Gasteiger charge is 2.45. The van der Waals surface area contributed by atoms with Crippen molar-refractivity contribution < 1.29 is 23.8 Å². The number of amides is 1. The van der Waals surface area contributed by atoms with Crippen LogP contribution < -0.4 is 9.64 Å². The van der Waals surface area contributed by atoms with Crippen LogP contribution in [0.3, 0.4) is 0 Å². The molecule has 3 heterocycles. The zero-order chi connectivity index (χ0) is 27.0. The summed E-state index contributed by atoms with van der Waals surface area (Å²) < 4.78 is 16.0. The number of methoxy groups -OCH3 is 2. The molecular weight excluding hydrogens is 500 g/mol. The monoisotopic (exact) mass is 536 g/mol. The summed E-state index contributed by atoms with van der Waals surface area (Å²) in [6.07, 6.45) is 5.03. The van der Waals surface area contributed by atoms with Crippen LogP contribution in [0.15, 0.2) is 41.3 Å². The van der Waals surface area contributed by atoms with Gasteiger partial charge in [-0.2, -0.15) is 0 Å². The van der Waals surface area contributed by atoms with Gasteiger partial charge in [0.25, 0.3) is 0 Å². The summed E-state index contributed by atoms with van der Waals surface area (Å²) in [5.74, 6) is 1.61. The number of hydrogen-bond acceptors (Lipinski definition) is 7. The number of thioether (sulfide) groups is 1. The van der Waals surface area contributed by atoms with Crippen LogP contribution >= 0.6 is 11.8 Å². The highest BCUT2D eigenvalue weighted by Crippen LogP contribution is 2.52. The minimum Gasteiger partial charge on any atom is -0.497 e. The first-order valence-corrected chi connectivity index (χ1v) is 14.2. The fourth-order valence-electron chi connectivity index (χ4n) is 5.75. The van der Waals surface area contributed by atoms with Crippen molar-refractivity contribution in [2.24, 2.45) is 0 Å². The molecule has 0 spiro atoms. The Morgan fingerprint density at radius 1 is 1.11 bits per heavy atom. The van der Waals surface area contributed by atoms with Gasteiger partial charge in [-0.05, 0) is 92.0 Å². The van der Waals surface area contributed by atoms with Crippen LogP contribution in [0.4, 0.5) is 10.5 Å². The summed E-state index contributed by atoms with van der Waals surface area (Å²) in [6, 6.07) is 10.9. The zero-order valence-electron chi connectivity index (χ0n) is 22.8. The minimum atomic E-state index is -0.520. The molecule has 2 aromatic rings. The Morgan fingerprint density at radius 3 is 2.66 bits per heavy atom. The largest absolute Gasteiger partial charge is 0.497 e. The van der Waals surface area contributed by atoms with Crippen molar-refractivity contribution in [3.63, 3.8) is 0 Å². The molecule has 7 nitrogen and oxygen atoms in total. The van der Waals surface area contributed by atoms with Gasteiger partial charge >= 0.3 is 12.1 Å². The lowest BCUT2D eigenvalue weighted by Gasteiger charge is -2.39. The van der Waals surface area contributed by atoms with Crippen molar-refractivity contribution >= 4 is 35.6 Å². The summed E-state index contributed by atoms with van der Waals surface area (Å²) in [5, 5.41) is 0. The van der Waals surface area contributed by atoms with Crippen molar-refractivity contribution in [2.75, 3.05) is 44.5 Å². The maximum atomic E-state index is 13.0. The van der Waals surface area contributed by atoms with E-state index in [-0.39, 0.29) is 12.0 Å². The Balaban J connectivity index is 1.57. The van der Waals surface area contributed by atoms with Crippen LogP contribution in [0, 0.1) is 0 Å². The molecule has 0 bridgehead atoms. The molecule has 0 saturated carbocycles. The predicted octanol–water partition coefficient (Wildman–Crippen LogP) is 5.96. The molecule has 0 aromatic heterocycles. The molecule has 202 valence electrons.